The number of aromatic nitrogens is 2. The summed E-state index contributed by atoms with van der Waals surface area (Å²) in [5.74, 6) is 5.19. The minimum Gasteiger partial charge on any atom is -0.495 e. The molecule has 1 saturated heterocycles. The van der Waals surface area contributed by atoms with Crippen LogP contribution in [-0.4, -0.2) is 73.2 Å². The number of nitrogens with one attached hydrogen (secondary N) is 3. The van der Waals surface area contributed by atoms with Crippen molar-refractivity contribution < 1.29 is 27.1 Å². The number of hydrogen-bond donors (Lipinski definition) is 3. The Morgan fingerprint density at radius 2 is 2.05 bits per heavy atom. The number of methoxy groups -OCH3 is 1. The van der Waals surface area contributed by atoms with Crippen LogP contribution >= 0.6 is 0 Å². The van der Waals surface area contributed by atoms with E-state index in [1.807, 2.05) is 11.9 Å². The number of ether oxygens (including phenoxy) is 1. The van der Waals surface area contributed by atoms with Crippen LogP contribution in [0, 0.1) is 11.8 Å². The summed E-state index contributed by atoms with van der Waals surface area (Å²) in [6, 6.07) is 7.37. The lowest BCUT2D eigenvalue weighted by Gasteiger charge is -2.33. The van der Waals surface area contributed by atoms with Gasteiger partial charge in [-0.1, -0.05) is 12.0 Å². The minimum atomic E-state index is -4.74. The van der Waals surface area contributed by atoms with Gasteiger partial charge in [-0.05, 0) is 43.7 Å². The molecule has 1 aromatic carbocycles. The Bertz CT molecular complexity index is 1380. The highest BCUT2D eigenvalue weighted by atomic mass is 19.4. The van der Waals surface area contributed by atoms with Crippen molar-refractivity contribution in [3.8, 4) is 17.6 Å². The number of para-hydroxylation sites is 1. The second-order valence-corrected chi connectivity index (χ2v) is 8.86. The molecule has 3 aromatic rings. The summed E-state index contributed by atoms with van der Waals surface area (Å²) < 4.78 is 63.0. The SMILES string of the molecule is CNC(=O)c1cccc(OC)c1NCC#Cc1nc2c(N[C@@H]3CCN(C)C[C@@H]3F)cccn2c1C(F)(F)F. The molecule has 0 unspecified atom stereocenters. The molecular formula is C26H28F4N6O2. The highest BCUT2D eigenvalue weighted by Crippen LogP contribution is 2.34. The van der Waals surface area contributed by atoms with E-state index >= 15 is 0 Å². The van der Waals surface area contributed by atoms with Crippen LogP contribution in [0.5, 0.6) is 5.75 Å². The molecule has 2 atom stereocenters. The molecule has 38 heavy (non-hydrogen) atoms. The summed E-state index contributed by atoms with van der Waals surface area (Å²) in [6.07, 6.45) is -4.15. The fraction of sp³-hybridized carbons (Fsp3) is 0.385. The van der Waals surface area contributed by atoms with Gasteiger partial charge in [0, 0.05) is 26.3 Å². The van der Waals surface area contributed by atoms with Crippen LogP contribution in [0.15, 0.2) is 36.5 Å². The molecule has 0 radical (unpaired) electrons. The Labute approximate surface area is 217 Å². The third kappa shape index (κ3) is 5.62. The number of hydrogen-bond acceptors (Lipinski definition) is 6. The largest absolute Gasteiger partial charge is 0.495 e. The Balaban J connectivity index is 1.64. The highest BCUT2D eigenvalue weighted by Gasteiger charge is 2.38. The molecule has 12 heteroatoms. The molecule has 0 bridgehead atoms. The van der Waals surface area contributed by atoms with E-state index < -0.39 is 29.8 Å². The summed E-state index contributed by atoms with van der Waals surface area (Å²) in [4.78, 5) is 18.3. The number of carbonyl (C=O) groups excluding carboxylic acids is 1. The number of likely N-dealkylation sites (tertiary alicyclic amines) is 1. The zero-order valence-electron chi connectivity index (χ0n) is 21.1. The number of rotatable bonds is 6. The number of fused-ring (bicyclic) bond motifs is 1. The van der Waals surface area contributed by atoms with E-state index in [0.717, 1.165) is 4.40 Å². The molecule has 1 aliphatic rings. The van der Waals surface area contributed by atoms with Crippen molar-refractivity contribution in [1.29, 1.82) is 0 Å². The minimum absolute atomic E-state index is 0.00911. The van der Waals surface area contributed by atoms with Crippen molar-refractivity contribution >= 4 is 22.9 Å². The molecule has 1 aliphatic heterocycles. The van der Waals surface area contributed by atoms with E-state index in [4.69, 9.17) is 4.74 Å². The number of piperidine rings is 1. The van der Waals surface area contributed by atoms with Gasteiger partial charge in [-0.2, -0.15) is 13.2 Å². The van der Waals surface area contributed by atoms with Crippen molar-refractivity contribution in [3.63, 3.8) is 0 Å². The monoisotopic (exact) mass is 532 g/mol. The zero-order chi connectivity index (χ0) is 27.4. The topological polar surface area (TPSA) is 82.9 Å². The van der Waals surface area contributed by atoms with Crippen molar-refractivity contribution in [3.05, 3.63) is 53.5 Å². The number of anilines is 2. The molecule has 1 fully saturated rings. The summed E-state index contributed by atoms with van der Waals surface area (Å²) >= 11 is 0. The van der Waals surface area contributed by atoms with E-state index in [9.17, 15) is 22.4 Å². The zero-order valence-corrected chi connectivity index (χ0v) is 21.1. The molecular weight excluding hydrogens is 504 g/mol. The third-order valence-corrected chi connectivity index (χ3v) is 6.28. The van der Waals surface area contributed by atoms with E-state index in [1.165, 1.54) is 26.4 Å². The number of pyridine rings is 1. The molecule has 3 N–H and O–H groups in total. The van der Waals surface area contributed by atoms with Gasteiger partial charge in [-0.25, -0.2) is 9.37 Å². The number of benzene rings is 1. The molecule has 0 aliphatic carbocycles. The Morgan fingerprint density at radius 3 is 2.74 bits per heavy atom. The second-order valence-electron chi connectivity index (χ2n) is 8.86. The number of imidazole rings is 1. The molecule has 0 saturated carbocycles. The first-order chi connectivity index (χ1) is 18.1. The molecule has 4 rings (SSSR count). The second kappa shape index (κ2) is 11.2. The van der Waals surface area contributed by atoms with Crippen LogP contribution in [-0.2, 0) is 6.18 Å². The molecule has 202 valence electrons. The van der Waals surface area contributed by atoms with Gasteiger partial charge in [0.05, 0.1) is 36.6 Å². The summed E-state index contributed by atoms with van der Waals surface area (Å²) in [7, 11) is 4.74. The Morgan fingerprint density at radius 1 is 1.26 bits per heavy atom. The van der Waals surface area contributed by atoms with Gasteiger partial charge in [0.2, 0.25) is 0 Å². The standard InChI is InChI=1S/C26H28F4N6O2/c1-31-25(37)16-7-4-10-21(38-3)22(16)32-12-5-8-19-23(26(28,29)30)36-13-6-9-20(24(36)34-19)33-18-11-14-35(2)15-17(18)27/h4,6-7,9-10,13,17-18,32-33H,11-12,14-15H2,1-3H3,(H,31,37)/t17-,18+/m0/s1. The van der Waals surface area contributed by atoms with Crippen molar-refractivity contribution in [2.45, 2.75) is 24.8 Å². The maximum Gasteiger partial charge on any atom is 0.434 e. The normalized spacial score (nSPS) is 18.0. The van der Waals surface area contributed by atoms with Crippen LogP contribution in [0.3, 0.4) is 0 Å². The van der Waals surface area contributed by atoms with Crippen LogP contribution in [0.1, 0.15) is 28.2 Å². The average molecular weight is 533 g/mol. The first kappa shape index (κ1) is 27.1. The quantitative estimate of drug-likeness (QED) is 0.332. The number of alkyl halides is 4. The lowest BCUT2D eigenvalue weighted by Crippen LogP contribution is -2.46. The first-order valence-corrected chi connectivity index (χ1v) is 11.9. The van der Waals surface area contributed by atoms with Crippen molar-refractivity contribution in [2.75, 3.05) is 51.5 Å². The number of amides is 1. The van der Waals surface area contributed by atoms with Gasteiger partial charge in [0.1, 0.15) is 17.6 Å². The highest BCUT2D eigenvalue weighted by molar-refractivity contribution is 6.00. The van der Waals surface area contributed by atoms with Gasteiger partial charge in [-0.3, -0.25) is 9.20 Å². The van der Waals surface area contributed by atoms with E-state index in [2.05, 4.69) is 32.8 Å². The van der Waals surface area contributed by atoms with Crippen LogP contribution < -0.4 is 20.7 Å². The van der Waals surface area contributed by atoms with Crippen molar-refractivity contribution in [1.82, 2.24) is 19.6 Å². The predicted octanol–water partition coefficient (Wildman–Crippen LogP) is 3.64. The molecule has 3 heterocycles. The molecule has 2 aromatic heterocycles. The van der Waals surface area contributed by atoms with Gasteiger partial charge in [0.15, 0.2) is 11.3 Å². The summed E-state index contributed by atoms with van der Waals surface area (Å²) in [5.41, 5.74) is -0.513. The maximum absolute atomic E-state index is 14.6. The van der Waals surface area contributed by atoms with Crippen LogP contribution in [0.25, 0.3) is 5.65 Å². The number of carbonyl (C=O) groups is 1. The van der Waals surface area contributed by atoms with Crippen LogP contribution in [0.4, 0.5) is 28.9 Å². The van der Waals surface area contributed by atoms with Crippen molar-refractivity contribution in [2.24, 2.45) is 0 Å². The Kier molecular flexibility index (Phi) is 7.97. The fourth-order valence-electron chi connectivity index (χ4n) is 4.43. The summed E-state index contributed by atoms with van der Waals surface area (Å²) in [5, 5.41) is 8.52. The van der Waals surface area contributed by atoms with E-state index in [1.54, 1.807) is 24.3 Å². The summed E-state index contributed by atoms with van der Waals surface area (Å²) in [6.45, 7) is 0.821. The van der Waals surface area contributed by atoms with Gasteiger partial charge >= 0.3 is 6.18 Å². The average Bonchev–Trinajstić information content (AvgIpc) is 3.27. The predicted molar refractivity (Wildman–Crippen MR) is 136 cm³/mol. The smallest absolute Gasteiger partial charge is 0.434 e. The van der Waals surface area contributed by atoms with Gasteiger partial charge in [-0.15, -0.1) is 0 Å². The van der Waals surface area contributed by atoms with E-state index in [-0.39, 0.29) is 24.6 Å². The third-order valence-electron chi connectivity index (χ3n) is 6.28. The lowest BCUT2D eigenvalue weighted by atomic mass is 10.0. The Hall–Kier alpha value is -3.98. The first-order valence-electron chi connectivity index (χ1n) is 11.9. The van der Waals surface area contributed by atoms with Gasteiger partial charge < -0.3 is 25.6 Å². The molecule has 1 amide bonds. The number of halogens is 4. The fourth-order valence-corrected chi connectivity index (χ4v) is 4.43. The molecule has 8 nitrogen and oxygen atoms in total. The van der Waals surface area contributed by atoms with Crippen LogP contribution in [0.2, 0.25) is 0 Å². The molecule has 0 spiro atoms. The maximum atomic E-state index is 14.6. The van der Waals surface area contributed by atoms with E-state index in [0.29, 0.717) is 35.7 Å². The lowest BCUT2D eigenvalue weighted by molar-refractivity contribution is -0.141. The number of nitrogens with zero attached hydrogens (tertiary/aromatic N) is 3. The van der Waals surface area contributed by atoms with Gasteiger partial charge in [0.25, 0.3) is 5.91 Å².